The van der Waals surface area contributed by atoms with Gasteiger partial charge in [0.15, 0.2) is 0 Å². The highest BCUT2D eigenvalue weighted by atomic mass is 15.2. The van der Waals surface area contributed by atoms with Crippen molar-refractivity contribution < 1.29 is 0 Å². The summed E-state index contributed by atoms with van der Waals surface area (Å²) in [6.45, 7) is 3.99. The third kappa shape index (κ3) is 2.47. The Morgan fingerprint density at radius 3 is 2.88 bits per heavy atom. The Hall–Kier alpha value is -3.08. The van der Waals surface area contributed by atoms with Gasteiger partial charge in [0.1, 0.15) is 5.82 Å². The number of H-pyrrole nitrogens is 1. The Morgan fingerprint density at radius 1 is 1.27 bits per heavy atom. The minimum atomic E-state index is 0.285. The summed E-state index contributed by atoms with van der Waals surface area (Å²) in [5, 5.41) is 10.2. The molecule has 3 heterocycles. The third-order valence-electron chi connectivity index (χ3n) is 5.23. The van der Waals surface area contributed by atoms with Crippen molar-refractivity contribution in [3.8, 4) is 11.1 Å². The van der Waals surface area contributed by atoms with Crippen molar-refractivity contribution in [3.63, 3.8) is 0 Å². The number of aromatic amines is 1. The van der Waals surface area contributed by atoms with Gasteiger partial charge in [0.05, 0.1) is 11.7 Å². The summed E-state index contributed by atoms with van der Waals surface area (Å²) in [5.74, 6) is 1.62. The zero-order valence-corrected chi connectivity index (χ0v) is 14.7. The van der Waals surface area contributed by atoms with Gasteiger partial charge < -0.3 is 10.3 Å². The summed E-state index contributed by atoms with van der Waals surface area (Å²) >= 11 is 0. The molecule has 1 saturated carbocycles. The standard InChI is InChI=1S/C21H21N5/c1-3-17(13-4-5-13)25-21-20-16-7-6-14(15-11-23-26(2)12-15)10-19(16)24-18(20)8-9-22-21/h3,6-13,17,24H,1,4-5H2,2H3,(H,22,25). The summed E-state index contributed by atoms with van der Waals surface area (Å²) in [4.78, 5) is 8.16. The molecule has 0 bridgehead atoms. The quantitative estimate of drug-likeness (QED) is 0.525. The second kappa shape index (κ2) is 5.73. The summed E-state index contributed by atoms with van der Waals surface area (Å²) in [6.07, 6.45) is 10.3. The van der Waals surface area contributed by atoms with Crippen molar-refractivity contribution in [2.75, 3.05) is 5.32 Å². The van der Waals surface area contributed by atoms with Crippen LogP contribution < -0.4 is 5.32 Å². The highest BCUT2D eigenvalue weighted by Gasteiger charge is 2.29. The molecule has 0 saturated heterocycles. The van der Waals surface area contributed by atoms with E-state index < -0.39 is 0 Å². The van der Waals surface area contributed by atoms with Crippen LogP contribution in [-0.2, 0) is 7.05 Å². The average molecular weight is 343 g/mol. The average Bonchev–Trinajstić information content (AvgIpc) is 3.29. The number of aromatic nitrogens is 4. The summed E-state index contributed by atoms with van der Waals surface area (Å²) in [5.41, 5.74) is 4.48. The van der Waals surface area contributed by atoms with Crippen LogP contribution in [0.1, 0.15) is 12.8 Å². The topological polar surface area (TPSA) is 58.5 Å². The number of hydrogen-bond donors (Lipinski definition) is 2. The molecule has 1 atom stereocenters. The zero-order chi connectivity index (χ0) is 17.7. The molecule has 1 aliphatic carbocycles. The smallest absolute Gasteiger partial charge is 0.136 e. The van der Waals surface area contributed by atoms with Gasteiger partial charge in [-0.2, -0.15) is 5.10 Å². The molecule has 1 aromatic carbocycles. The van der Waals surface area contributed by atoms with Gasteiger partial charge in [0.2, 0.25) is 0 Å². The summed E-state index contributed by atoms with van der Waals surface area (Å²) in [7, 11) is 1.93. The Morgan fingerprint density at radius 2 is 2.15 bits per heavy atom. The van der Waals surface area contributed by atoms with E-state index in [1.165, 1.54) is 18.2 Å². The molecule has 3 aromatic heterocycles. The molecule has 5 nitrogen and oxygen atoms in total. The van der Waals surface area contributed by atoms with Crippen LogP contribution in [-0.4, -0.2) is 25.8 Å². The van der Waals surface area contributed by atoms with E-state index in [0.717, 1.165) is 33.4 Å². The lowest BCUT2D eigenvalue weighted by molar-refractivity contribution is 0.754. The molecule has 130 valence electrons. The van der Waals surface area contributed by atoms with Gasteiger partial charge in [-0.25, -0.2) is 4.98 Å². The molecule has 5 rings (SSSR count). The van der Waals surface area contributed by atoms with Crippen LogP contribution in [0.2, 0.25) is 0 Å². The van der Waals surface area contributed by atoms with E-state index in [2.05, 4.69) is 45.2 Å². The maximum Gasteiger partial charge on any atom is 0.136 e. The van der Waals surface area contributed by atoms with Gasteiger partial charge in [-0.1, -0.05) is 18.2 Å². The Kier molecular flexibility index (Phi) is 3.35. The summed E-state index contributed by atoms with van der Waals surface area (Å²) in [6, 6.07) is 8.82. The van der Waals surface area contributed by atoms with Crippen LogP contribution in [0, 0.1) is 5.92 Å². The molecule has 0 amide bonds. The molecule has 1 unspecified atom stereocenters. The number of benzene rings is 1. The van der Waals surface area contributed by atoms with E-state index >= 15 is 0 Å². The lowest BCUT2D eigenvalue weighted by Crippen LogP contribution is -2.19. The fraction of sp³-hybridized carbons (Fsp3) is 0.238. The minimum Gasteiger partial charge on any atom is -0.363 e. The van der Waals surface area contributed by atoms with E-state index in [1.54, 1.807) is 0 Å². The predicted octanol–water partition coefficient (Wildman–Crippen LogP) is 4.49. The van der Waals surface area contributed by atoms with Crippen molar-refractivity contribution in [3.05, 3.63) is 55.5 Å². The van der Waals surface area contributed by atoms with Crippen molar-refractivity contribution in [2.24, 2.45) is 13.0 Å². The first-order chi connectivity index (χ1) is 12.7. The normalized spacial score (nSPS) is 15.4. The number of nitrogens with one attached hydrogen (secondary N) is 2. The van der Waals surface area contributed by atoms with E-state index in [0.29, 0.717) is 5.92 Å². The van der Waals surface area contributed by atoms with Crippen molar-refractivity contribution in [1.82, 2.24) is 19.7 Å². The Bertz CT molecular complexity index is 1120. The Balaban J connectivity index is 1.62. The number of aryl methyl sites for hydroxylation is 1. The van der Waals surface area contributed by atoms with Crippen molar-refractivity contribution in [2.45, 2.75) is 18.9 Å². The second-order valence-electron chi connectivity index (χ2n) is 7.11. The first-order valence-corrected chi connectivity index (χ1v) is 9.01. The van der Waals surface area contributed by atoms with Gasteiger partial charge in [0, 0.05) is 47.3 Å². The van der Waals surface area contributed by atoms with E-state index in [1.807, 2.05) is 42.5 Å². The van der Waals surface area contributed by atoms with Gasteiger partial charge in [-0.3, -0.25) is 4.68 Å². The maximum absolute atomic E-state index is 4.62. The zero-order valence-electron chi connectivity index (χ0n) is 14.7. The third-order valence-corrected chi connectivity index (χ3v) is 5.23. The van der Waals surface area contributed by atoms with E-state index in [-0.39, 0.29) is 6.04 Å². The number of pyridine rings is 1. The maximum atomic E-state index is 4.62. The van der Waals surface area contributed by atoms with Crippen LogP contribution in [0.25, 0.3) is 32.9 Å². The minimum absolute atomic E-state index is 0.285. The van der Waals surface area contributed by atoms with Gasteiger partial charge in [0.25, 0.3) is 0 Å². The largest absolute Gasteiger partial charge is 0.363 e. The molecule has 1 fully saturated rings. The lowest BCUT2D eigenvalue weighted by atomic mass is 10.1. The SMILES string of the molecule is C=CC(Nc1nccc2[nH]c3cc(-c4cnn(C)c4)ccc3c12)C1CC1. The highest BCUT2D eigenvalue weighted by Crippen LogP contribution is 2.37. The van der Waals surface area contributed by atoms with Crippen LogP contribution >= 0.6 is 0 Å². The molecule has 0 aliphatic heterocycles. The molecule has 0 spiro atoms. The highest BCUT2D eigenvalue weighted by molar-refractivity contribution is 6.13. The van der Waals surface area contributed by atoms with Crippen LogP contribution in [0.15, 0.2) is 55.5 Å². The van der Waals surface area contributed by atoms with Gasteiger partial charge in [-0.05, 0) is 36.5 Å². The molecular weight excluding hydrogens is 322 g/mol. The molecule has 1 aliphatic rings. The van der Waals surface area contributed by atoms with Crippen LogP contribution in [0.4, 0.5) is 5.82 Å². The van der Waals surface area contributed by atoms with Crippen LogP contribution in [0.3, 0.4) is 0 Å². The Labute approximate surface area is 151 Å². The lowest BCUT2D eigenvalue weighted by Gasteiger charge is -2.15. The first kappa shape index (κ1) is 15.2. The van der Waals surface area contributed by atoms with Gasteiger partial charge in [-0.15, -0.1) is 6.58 Å². The number of nitrogens with zero attached hydrogens (tertiary/aromatic N) is 3. The fourth-order valence-corrected chi connectivity index (χ4v) is 3.69. The van der Waals surface area contributed by atoms with Gasteiger partial charge >= 0.3 is 0 Å². The number of fused-ring (bicyclic) bond motifs is 3. The van der Waals surface area contributed by atoms with E-state index in [4.69, 9.17) is 0 Å². The predicted molar refractivity (Wildman–Crippen MR) is 106 cm³/mol. The first-order valence-electron chi connectivity index (χ1n) is 9.01. The molecule has 4 aromatic rings. The summed E-state index contributed by atoms with van der Waals surface area (Å²) < 4.78 is 1.82. The molecule has 2 N–H and O–H groups in total. The second-order valence-corrected chi connectivity index (χ2v) is 7.11. The molecular formula is C21H21N5. The fourth-order valence-electron chi connectivity index (χ4n) is 3.69. The monoisotopic (exact) mass is 343 g/mol. The number of hydrogen-bond acceptors (Lipinski definition) is 3. The number of rotatable bonds is 5. The molecule has 26 heavy (non-hydrogen) atoms. The molecule has 5 heteroatoms. The number of anilines is 1. The molecule has 0 radical (unpaired) electrons. The van der Waals surface area contributed by atoms with E-state index in [9.17, 15) is 0 Å². The van der Waals surface area contributed by atoms with Crippen LogP contribution in [0.5, 0.6) is 0 Å². The van der Waals surface area contributed by atoms with Crippen molar-refractivity contribution in [1.29, 1.82) is 0 Å². The van der Waals surface area contributed by atoms with Crippen molar-refractivity contribution >= 4 is 27.6 Å².